The fraction of sp³-hybridized carbons (Fsp3) is 0.200. The number of hydrogen-bond acceptors (Lipinski definition) is 4. The lowest BCUT2D eigenvalue weighted by Gasteiger charge is -1.80. The number of hydrogen-bond donors (Lipinski definition) is 2. The van der Waals surface area contributed by atoms with Crippen LogP contribution in [0.3, 0.4) is 0 Å². The Morgan fingerprint density at radius 2 is 2.20 bits per heavy atom. The van der Waals surface area contributed by atoms with E-state index in [9.17, 15) is 4.79 Å². The molecule has 2 aromatic rings. The summed E-state index contributed by atoms with van der Waals surface area (Å²) in [5, 5.41) is 7.86. The lowest BCUT2D eigenvalue weighted by molar-refractivity contribution is -0.136. The summed E-state index contributed by atoms with van der Waals surface area (Å²) in [5.41, 5.74) is 2.97. The predicted molar refractivity (Wildman–Crippen MR) is 65.7 cm³/mol. The van der Waals surface area contributed by atoms with Crippen LogP contribution in [0.15, 0.2) is 29.8 Å². The molecule has 0 aliphatic rings. The van der Waals surface area contributed by atoms with E-state index in [1.807, 2.05) is 23.7 Å². The summed E-state index contributed by atoms with van der Waals surface area (Å²) in [6, 6.07) is 8.13. The first kappa shape index (κ1) is 12.0. The average molecular weight is 241 g/mol. The predicted octanol–water partition coefficient (Wildman–Crippen LogP) is 2.69. The summed E-state index contributed by atoms with van der Waals surface area (Å²) in [4.78, 5) is 13.7. The number of nitrogens with zero attached hydrogens (tertiary/aromatic N) is 1. The number of thiazole rings is 1. The molecule has 1 heterocycles. The van der Waals surface area contributed by atoms with Gasteiger partial charge in [-0.1, -0.05) is 12.1 Å². The van der Waals surface area contributed by atoms with E-state index in [1.54, 1.807) is 11.3 Å². The molecule has 0 spiro atoms. The Kier molecular flexibility index (Phi) is 5.14. The molecular weight excluding hydrogens is 230 g/mol. The maximum atomic E-state index is 9.55. The van der Waals surface area contributed by atoms with Crippen LogP contribution in [0.2, 0.25) is 0 Å². The number of aromatic nitrogens is 1. The van der Waals surface area contributed by atoms with E-state index in [2.05, 4.69) is 23.7 Å². The zero-order valence-corrected chi connectivity index (χ0v) is 9.67. The number of benzene rings is 1. The molecule has 15 heavy (non-hydrogen) atoms. The Balaban J connectivity index is 0.000000167. The number of para-hydroxylation sites is 1. The number of fused-ring (bicyclic) bond motifs is 1. The van der Waals surface area contributed by atoms with Crippen molar-refractivity contribution >= 4 is 40.2 Å². The van der Waals surface area contributed by atoms with E-state index in [4.69, 9.17) is 5.11 Å². The largest absolute Gasteiger partial charge is 0.481 e. The fourth-order valence-corrected chi connectivity index (χ4v) is 1.77. The summed E-state index contributed by atoms with van der Waals surface area (Å²) in [6.07, 6.45) is 0.156. The van der Waals surface area contributed by atoms with Crippen molar-refractivity contribution in [1.82, 2.24) is 4.98 Å². The Morgan fingerprint density at radius 3 is 2.73 bits per heavy atom. The zero-order valence-electron chi connectivity index (χ0n) is 7.96. The SMILES string of the molecule is O=C(O)CCS.c1ccc2scnc2c1. The first-order chi connectivity index (χ1) is 7.24. The van der Waals surface area contributed by atoms with Gasteiger partial charge in [0.05, 0.1) is 22.1 Å². The molecule has 0 amide bonds. The van der Waals surface area contributed by atoms with Crippen molar-refractivity contribution in [1.29, 1.82) is 0 Å². The third kappa shape index (κ3) is 4.31. The molecule has 0 aliphatic carbocycles. The minimum atomic E-state index is -0.787. The average Bonchev–Trinajstić information content (AvgIpc) is 2.65. The highest BCUT2D eigenvalue weighted by atomic mass is 32.1. The van der Waals surface area contributed by atoms with Gasteiger partial charge in [-0.3, -0.25) is 4.79 Å². The quantitative estimate of drug-likeness (QED) is 0.795. The Labute approximate surface area is 97.2 Å². The molecule has 2 rings (SSSR count). The highest BCUT2D eigenvalue weighted by molar-refractivity contribution is 7.80. The van der Waals surface area contributed by atoms with E-state index in [-0.39, 0.29) is 6.42 Å². The van der Waals surface area contributed by atoms with Gasteiger partial charge < -0.3 is 5.11 Å². The van der Waals surface area contributed by atoms with Crippen molar-refractivity contribution in [3.05, 3.63) is 29.8 Å². The highest BCUT2D eigenvalue weighted by Crippen LogP contribution is 2.15. The van der Waals surface area contributed by atoms with Gasteiger partial charge in [0.1, 0.15) is 0 Å². The topological polar surface area (TPSA) is 50.2 Å². The second-order valence-electron chi connectivity index (χ2n) is 2.69. The lowest BCUT2D eigenvalue weighted by Crippen LogP contribution is -1.93. The molecule has 80 valence electrons. The maximum absolute atomic E-state index is 9.55. The van der Waals surface area contributed by atoms with Crippen molar-refractivity contribution in [2.75, 3.05) is 5.75 Å². The summed E-state index contributed by atoms with van der Waals surface area (Å²) in [6.45, 7) is 0. The van der Waals surface area contributed by atoms with Gasteiger partial charge in [-0.15, -0.1) is 11.3 Å². The van der Waals surface area contributed by atoms with Crippen LogP contribution in [-0.2, 0) is 4.79 Å². The second-order valence-corrected chi connectivity index (χ2v) is 4.02. The minimum Gasteiger partial charge on any atom is -0.481 e. The smallest absolute Gasteiger partial charge is 0.304 e. The molecular formula is C10H11NO2S2. The number of carboxylic acid groups (broad SMARTS) is 1. The van der Waals surface area contributed by atoms with Crippen LogP contribution in [0.1, 0.15) is 6.42 Å². The van der Waals surface area contributed by atoms with Crippen LogP contribution in [0.25, 0.3) is 10.2 Å². The number of carboxylic acids is 1. The zero-order chi connectivity index (χ0) is 11.1. The number of thiol groups is 1. The number of rotatable bonds is 2. The van der Waals surface area contributed by atoms with Crippen molar-refractivity contribution in [2.24, 2.45) is 0 Å². The molecule has 0 saturated carbocycles. The van der Waals surface area contributed by atoms with E-state index in [1.165, 1.54) is 4.70 Å². The van der Waals surface area contributed by atoms with Crippen LogP contribution in [-0.4, -0.2) is 21.8 Å². The Bertz CT molecular complexity index is 398. The normalized spacial score (nSPS) is 9.40. The van der Waals surface area contributed by atoms with Crippen LogP contribution >= 0.6 is 24.0 Å². The summed E-state index contributed by atoms with van der Waals surface area (Å²) in [7, 11) is 0. The molecule has 0 aliphatic heterocycles. The van der Waals surface area contributed by atoms with Gasteiger partial charge in [0.2, 0.25) is 0 Å². The third-order valence-electron chi connectivity index (χ3n) is 1.56. The van der Waals surface area contributed by atoms with Crippen molar-refractivity contribution in [3.8, 4) is 0 Å². The number of carbonyl (C=O) groups is 1. The van der Waals surface area contributed by atoms with Gasteiger partial charge in [-0.2, -0.15) is 12.6 Å². The highest BCUT2D eigenvalue weighted by Gasteiger charge is 1.89. The summed E-state index contributed by atoms with van der Waals surface area (Å²) in [5.74, 6) is -0.361. The Morgan fingerprint density at radius 1 is 1.47 bits per heavy atom. The minimum absolute atomic E-state index is 0.156. The van der Waals surface area contributed by atoms with Crippen LogP contribution in [0, 0.1) is 0 Å². The molecule has 0 bridgehead atoms. The fourth-order valence-electron chi connectivity index (χ4n) is 0.899. The van der Waals surface area contributed by atoms with E-state index in [0.29, 0.717) is 5.75 Å². The van der Waals surface area contributed by atoms with Gasteiger partial charge in [-0.05, 0) is 12.1 Å². The van der Waals surface area contributed by atoms with Crippen molar-refractivity contribution < 1.29 is 9.90 Å². The number of aliphatic carboxylic acids is 1. The van der Waals surface area contributed by atoms with Gasteiger partial charge in [-0.25, -0.2) is 4.98 Å². The van der Waals surface area contributed by atoms with Crippen molar-refractivity contribution in [3.63, 3.8) is 0 Å². The van der Waals surface area contributed by atoms with Crippen LogP contribution < -0.4 is 0 Å². The van der Waals surface area contributed by atoms with Gasteiger partial charge in [0, 0.05) is 5.75 Å². The van der Waals surface area contributed by atoms with Gasteiger partial charge >= 0.3 is 5.97 Å². The Hall–Kier alpha value is -1.07. The van der Waals surface area contributed by atoms with E-state index >= 15 is 0 Å². The van der Waals surface area contributed by atoms with Gasteiger partial charge in [0.15, 0.2) is 0 Å². The molecule has 0 saturated heterocycles. The van der Waals surface area contributed by atoms with Crippen LogP contribution in [0.4, 0.5) is 0 Å². The summed E-state index contributed by atoms with van der Waals surface area (Å²) >= 11 is 5.36. The molecule has 1 N–H and O–H groups in total. The third-order valence-corrected chi connectivity index (χ3v) is 2.60. The first-order valence-corrected chi connectivity index (χ1v) is 5.86. The molecule has 0 radical (unpaired) electrons. The summed E-state index contributed by atoms with van der Waals surface area (Å²) < 4.78 is 1.26. The monoisotopic (exact) mass is 241 g/mol. The standard InChI is InChI=1S/C7H5NS.C3H6O2S/c1-2-4-7-6(3-1)8-5-9-7;4-3(5)1-2-6/h1-5H;6H,1-2H2,(H,4,5). The molecule has 1 aromatic carbocycles. The molecule has 0 unspecified atom stereocenters. The van der Waals surface area contributed by atoms with E-state index in [0.717, 1.165) is 5.52 Å². The van der Waals surface area contributed by atoms with Crippen LogP contribution in [0.5, 0.6) is 0 Å². The van der Waals surface area contributed by atoms with Crippen molar-refractivity contribution in [2.45, 2.75) is 6.42 Å². The van der Waals surface area contributed by atoms with E-state index < -0.39 is 5.97 Å². The maximum Gasteiger partial charge on any atom is 0.304 e. The molecule has 1 aromatic heterocycles. The second kappa shape index (κ2) is 6.42. The first-order valence-electron chi connectivity index (χ1n) is 4.35. The molecule has 3 nitrogen and oxygen atoms in total. The molecule has 0 atom stereocenters. The lowest BCUT2D eigenvalue weighted by atomic mass is 10.3. The molecule has 5 heteroatoms. The van der Waals surface area contributed by atoms with Gasteiger partial charge in [0.25, 0.3) is 0 Å². The molecule has 0 fully saturated rings.